The Labute approximate surface area is 194 Å². The second-order valence-corrected chi connectivity index (χ2v) is 9.04. The van der Waals surface area contributed by atoms with Crippen molar-refractivity contribution in [3.63, 3.8) is 0 Å². The quantitative estimate of drug-likeness (QED) is 0.604. The van der Waals surface area contributed by atoms with Gasteiger partial charge in [0.2, 0.25) is 5.91 Å². The molecule has 0 N–H and O–H groups in total. The average molecular weight is 446 g/mol. The lowest BCUT2D eigenvalue weighted by molar-refractivity contribution is -0.133. The van der Waals surface area contributed by atoms with Crippen LogP contribution in [0.5, 0.6) is 0 Å². The van der Waals surface area contributed by atoms with Crippen LogP contribution >= 0.6 is 0 Å². The van der Waals surface area contributed by atoms with E-state index in [1.54, 1.807) is 4.68 Å². The third-order valence-corrected chi connectivity index (χ3v) is 6.78. The maximum atomic E-state index is 13.2. The summed E-state index contributed by atoms with van der Waals surface area (Å²) in [6, 6.07) is 17.7. The van der Waals surface area contributed by atoms with E-state index in [-0.39, 0.29) is 11.5 Å². The predicted octanol–water partition coefficient (Wildman–Crippen LogP) is 2.65. The molecule has 0 saturated carbocycles. The van der Waals surface area contributed by atoms with Crippen LogP contribution in [0.3, 0.4) is 0 Å². The lowest BCUT2D eigenvalue weighted by Crippen LogP contribution is -2.51. The van der Waals surface area contributed by atoms with E-state index < -0.39 is 0 Å². The molecule has 2 saturated heterocycles. The van der Waals surface area contributed by atoms with Crippen molar-refractivity contribution >= 4 is 16.7 Å². The van der Waals surface area contributed by atoms with E-state index in [2.05, 4.69) is 9.80 Å². The van der Waals surface area contributed by atoms with Crippen LogP contribution in [0.25, 0.3) is 22.0 Å². The monoisotopic (exact) mass is 445 g/mol. The minimum atomic E-state index is -0.0620. The van der Waals surface area contributed by atoms with E-state index in [1.807, 2.05) is 59.5 Å². The van der Waals surface area contributed by atoms with Gasteiger partial charge < -0.3 is 4.90 Å². The Morgan fingerprint density at radius 1 is 0.758 bits per heavy atom. The zero-order valence-corrected chi connectivity index (χ0v) is 19.0. The molecule has 0 unspecified atom stereocenters. The third kappa shape index (κ3) is 4.84. The Bertz CT molecular complexity index is 1160. The minimum absolute atomic E-state index is 0.0620. The van der Waals surface area contributed by atoms with Gasteiger partial charge in [0.05, 0.1) is 24.3 Å². The van der Waals surface area contributed by atoms with Crippen molar-refractivity contribution in [2.45, 2.75) is 25.9 Å². The topological polar surface area (TPSA) is 61.7 Å². The van der Waals surface area contributed by atoms with E-state index >= 15 is 0 Å². The number of likely N-dealkylation sites (tertiary alicyclic amines) is 1. The summed E-state index contributed by atoms with van der Waals surface area (Å²) in [5.41, 5.74) is 1.77. The molecule has 7 heteroatoms. The first-order valence-electron chi connectivity index (χ1n) is 12.0. The number of carbonyl (C=O) groups excluding carboxylic acids is 1. The first-order chi connectivity index (χ1) is 16.2. The van der Waals surface area contributed by atoms with Crippen molar-refractivity contribution in [1.82, 2.24) is 24.5 Å². The Morgan fingerprint density at radius 3 is 2.12 bits per heavy atom. The second kappa shape index (κ2) is 9.85. The lowest BCUT2D eigenvalue weighted by Gasteiger charge is -2.36. The number of fused-ring (bicyclic) bond motifs is 1. The molecule has 2 aliphatic heterocycles. The van der Waals surface area contributed by atoms with Crippen molar-refractivity contribution in [1.29, 1.82) is 0 Å². The molecule has 0 radical (unpaired) electrons. The number of carbonyl (C=O) groups is 1. The van der Waals surface area contributed by atoms with Gasteiger partial charge in [-0.25, -0.2) is 4.68 Å². The summed E-state index contributed by atoms with van der Waals surface area (Å²) in [7, 11) is 0. The Balaban J connectivity index is 1.29. The van der Waals surface area contributed by atoms with Gasteiger partial charge in [0, 0.05) is 50.2 Å². The molecular weight excluding hydrogens is 414 g/mol. The first-order valence-corrected chi connectivity index (χ1v) is 12.0. The maximum Gasteiger partial charge on any atom is 0.275 e. The molecule has 1 aromatic heterocycles. The fourth-order valence-corrected chi connectivity index (χ4v) is 4.85. The van der Waals surface area contributed by atoms with Crippen LogP contribution in [0.15, 0.2) is 59.4 Å². The van der Waals surface area contributed by atoms with Gasteiger partial charge in [0.15, 0.2) is 0 Å². The van der Waals surface area contributed by atoms with Gasteiger partial charge in [-0.2, -0.15) is 5.10 Å². The Kier molecular flexibility index (Phi) is 6.51. The first kappa shape index (κ1) is 21.8. The van der Waals surface area contributed by atoms with E-state index in [1.165, 1.54) is 6.42 Å². The molecule has 2 aromatic carbocycles. The molecule has 2 aliphatic rings. The highest BCUT2D eigenvalue weighted by Gasteiger charge is 2.23. The van der Waals surface area contributed by atoms with Gasteiger partial charge in [-0.3, -0.25) is 19.4 Å². The van der Waals surface area contributed by atoms with Crippen LogP contribution < -0.4 is 5.56 Å². The average Bonchev–Trinajstić information content (AvgIpc) is 2.88. The van der Waals surface area contributed by atoms with E-state index in [0.717, 1.165) is 68.8 Å². The number of piperazine rings is 1. The standard InChI is InChI=1S/C26H31N5O2/c32-24(30-13-7-2-8-14-30)19-28-15-17-29(18-16-28)20-31-26(33)23-12-6-5-11-22(23)25(27-31)21-9-3-1-4-10-21/h1,3-6,9-12H,2,7-8,13-20H2. The van der Waals surface area contributed by atoms with Crippen molar-refractivity contribution < 1.29 is 4.79 Å². The molecule has 1 amide bonds. The van der Waals surface area contributed by atoms with Gasteiger partial charge in [-0.05, 0) is 25.3 Å². The summed E-state index contributed by atoms with van der Waals surface area (Å²) in [4.78, 5) is 32.3. The molecule has 0 atom stereocenters. The molecular formula is C26H31N5O2. The number of aromatic nitrogens is 2. The molecule has 5 rings (SSSR count). The van der Waals surface area contributed by atoms with Gasteiger partial charge in [-0.1, -0.05) is 48.5 Å². The summed E-state index contributed by atoms with van der Waals surface area (Å²) in [6.45, 7) is 6.04. The highest BCUT2D eigenvalue weighted by atomic mass is 16.2. The van der Waals surface area contributed by atoms with Gasteiger partial charge >= 0.3 is 0 Å². The number of nitrogens with zero attached hydrogens (tertiary/aromatic N) is 5. The SMILES string of the molecule is O=C(CN1CCN(Cn2nc(-c3ccccc3)c3ccccc3c2=O)CC1)N1CCCCC1. The number of benzene rings is 2. The smallest absolute Gasteiger partial charge is 0.275 e. The lowest BCUT2D eigenvalue weighted by atomic mass is 10.1. The Hall–Kier alpha value is -3.03. The molecule has 0 bridgehead atoms. The van der Waals surface area contributed by atoms with Crippen molar-refractivity contribution in [3.05, 3.63) is 65.0 Å². The molecule has 2 fully saturated rings. The van der Waals surface area contributed by atoms with Crippen molar-refractivity contribution in [2.75, 3.05) is 45.8 Å². The van der Waals surface area contributed by atoms with Crippen molar-refractivity contribution in [2.24, 2.45) is 0 Å². The normalized spacial score (nSPS) is 18.0. The molecule has 7 nitrogen and oxygen atoms in total. The second-order valence-electron chi connectivity index (χ2n) is 9.04. The molecule has 3 aromatic rings. The van der Waals surface area contributed by atoms with Crippen LogP contribution in [0.2, 0.25) is 0 Å². The van der Waals surface area contributed by atoms with Crippen LogP contribution in [0.4, 0.5) is 0 Å². The zero-order chi connectivity index (χ0) is 22.6. The predicted molar refractivity (Wildman–Crippen MR) is 130 cm³/mol. The van der Waals surface area contributed by atoms with Gasteiger partial charge in [0.25, 0.3) is 5.56 Å². The summed E-state index contributed by atoms with van der Waals surface area (Å²) >= 11 is 0. The maximum absolute atomic E-state index is 13.2. The van der Waals surface area contributed by atoms with Crippen LogP contribution in [-0.4, -0.2) is 76.2 Å². The molecule has 33 heavy (non-hydrogen) atoms. The summed E-state index contributed by atoms with van der Waals surface area (Å²) < 4.78 is 1.60. The molecule has 3 heterocycles. The number of hydrogen-bond acceptors (Lipinski definition) is 5. The molecule has 172 valence electrons. The summed E-state index contributed by atoms with van der Waals surface area (Å²) in [5, 5.41) is 6.35. The highest BCUT2D eigenvalue weighted by molar-refractivity contribution is 5.93. The van der Waals surface area contributed by atoms with E-state index in [4.69, 9.17) is 5.10 Å². The number of amides is 1. The largest absolute Gasteiger partial charge is 0.342 e. The minimum Gasteiger partial charge on any atom is -0.342 e. The van der Waals surface area contributed by atoms with Crippen LogP contribution in [-0.2, 0) is 11.5 Å². The fourth-order valence-electron chi connectivity index (χ4n) is 4.85. The number of piperidine rings is 1. The van der Waals surface area contributed by atoms with E-state index in [0.29, 0.717) is 18.6 Å². The molecule has 0 spiro atoms. The summed E-state index contributed by atoms with van der Waals surface area (Å²) in [5.74, 6) is 0.253. The number of hydrogen-bond donors (Lipinski definition) is 0. The molecule has 0 aliphatic carbocycles. The van der Waals surface area contributed by atoms with Gasteiger partial charge in [-0.15, -0.1) is 0 Å². The van der Waals surface area contributed by atoms with Gasteiger partial charge in [0.1, 0.15) is 0 Å². The summed E-state index contributed by atoms with van der Waals surface area (Å²) in [6.07, 6.45) is 3.48. The third-order valence-electron chi connectivity index (χ3n) is 6.78. The van der Waals surface area contributed by atoms with E-state index in [9.17, 15) is 9.59 Å². The highest BCUT2D eigenvalue weighted by Crippen LogP contribution is 2.24. The number of rotatable bonds is 5. The van der Waals surface area contributed by atoms with Crippen LogP contribution in [0, 0.1) is 0 Å². The van der Waals surface area contributed by atoms with Crippen molar-refractivity contribution in [3.8, 4) is 11.3 Å². The fraction of sp³-hybridized carbons (Fsp3) is 0.423. The zero-order valence-electron chi connectivity index (χ0n) is 19.0. The van der Waals surface area contributed by atoms with Crippen LogP contribution in [0.1, 0.15) is 19.3 Å². The Morgan fingerprint density at radius 2 is 1.39 bits per heavy atom.